The molecule has 0 aliphatic heterocycles. The van der Waals surface area contributed by atoms with Crippen LogP contribution < -0.4 is 9.04 Å². The quantitative estimate of drug-likeness (QED) is 0.664. The number of sulfonamides is 1. The zero-order valence-corrected chi connectivity index (χ0v) is 15.5. The summed E-state index contributed by atoms with van der Waals surface area (Å²) in [4.78, 5) is 4.34. The number of rotatable bonds is 6. The van der Waals surface area contributed by atoms with E-state index in [0.717, 1.165) is 11.1 Å². The second kappa shape index (κ2) is 7.58. The fourth-order valence-electron chi connectivity index (χ4n) is 2.64. The summed E-state index contributed by atoms with van der Waals surface area (Å²) in [5.74, 6) is 0.595. The molecule has 0 saturated carbocycles. The zero-order chi connectivity index (χ0) is 18.6. The van der Waals surface area contributed by atoms with Gasteiger partial charge in [0, 0.05) is 18.5 Å². The van der Waals surface area contributed by atoms with Gasteiger partial charge in [-0.05, 0) is 48.4 Å². The highest BCUT2D eigenvalue weighted by Gasteiger charge is 2.25. The summed E-state index contributed by atoms with van der Waals surface area (Å²) in [5, 5.41) is 0. The highest BCUT2D eigenvalue weighted by molar-refractivity contribution is 7.92. The van der Waals surface area contributed by atoms with Crippen LogP contribution >= 0.6 is 0 Å². The van der Waals surface area contributed by atoms with Crippen LogP contribution in [0.5, 0.6) is 5.75 Å². The van der Waals surface area contributed by atoms with Crippen molar-refractivity contribution in [3.05, 3.63) is 84.2 Å². The molecule has 134 valence electrons. The second-order valence-electron chi connectivity index (χ2n) is 5.89. The largest absolute Gasteiger partial charge is 0.497 e. The molecule has 0 fully saturated rings. The Balaban J connectivity index is 2.10. The van der Waals surface area contributed by atoms with Crippen LogP contribution in [0.25, 0.3) is 0 Å². The van der Waals surface area contributed by atoms with E-state index in [1.165, 1.54) is 4.31 Å². The summed E-state index contributed by atoms with van der Waals surface area (Å²) in [6.07, 6.45) is 3.33. The van der Waals surface area contributed by atoms with Crippen LogP contribution in [0.15, 0.2) is 78.0 Å². The third-order valence-corrected chi connectivity index (χ3v) is 5.74. The van der Waals surface area contributed by atoms with Gasteiger partial charge < -0.3 is 4.74 Å². The summed E-state index contributed by atoms with van der Waals surface area (Å²) >= 11 is 0. The van der Waals surface area contributed by atoms with E-state index in [9.17, 15) is 8.42 Å². The Morgan fingerprint density at radius 1 is 1.04 bits per heavy atom. The number of methoxy groups -OCH3 is 1. The van der Waals surface area contributed by atoms with Gasteiger partial charge in [0.05, 0.1) is 24.2 Å². The van der Waals surface area contributed by atoms with Gasteiger partial charge in [0.15, 0.2) is 0 Å². The third-order valence-electron chi connectivity index (χ3n) is 3.97. The number of pyridine rings is 1. The SMILES string of the molecule is COc1cccc(N(Cc2cccnc2)S(=O)(=O)c2cccc(C)c2)c1. The third kappa shape index (κ3) is 3.86. The Morgan fingerprint density at radius 2 is 1.85 bits per heavy atom. The van der Waals surface area contributed by atoms with E-state index in [4.69, 9.17) is 4.74 Å². The van der Waals surface area contributed by atoms with Crippen molar-refractivity contribution in [1.29, 1.82) is 0 Å². The van der Waals surface area contributed by atoms with Crippen LogP contribution in [-0.2, 0) is 16.6 Å². The summed E-state index contributed by atoms with van der Waals surface area (Å²) in [7, 11) is -2.19. The first kappa shape index (κ1) is 17.9. The maximum Gasteiger partial charge on any atom is 0.264 e. The van der Waals surface area contributed by atoms with Gasteiger partial charge in [0.25, 0.3) is 10.0 Å². The number of hydrogen-bond donors (Lipinski definition) is 0. The Labute approximate surface area is 153 Å². The highest BCUT2D eigenvalue weighted by Crippen LogP contribution is 2.29. The minimum atomic E-state index is -3.75. The molecule has 0 N–H and O–H groups in total. The summed E-state index contributed by atoms with van der Waals surface area (Å²) in [6.45, 7) is 2.05. The molecule has 26 heavy (non-hydrogen) atoms. The lowest BCUT2D eigenvalue weighted by atomic mass is 10.2. The van der Waals surface area contributed by atoms with Gasteiger partial charge in [0.2, 0.25) is 0 Å². The number of benzene rings is 2. The second-order valence-corrected chi connectivity index (χ2v) is 7.75. The predicted octanol–water partition coefficient (Wildman–Crippen LogP) is 3.79. The van der Waals surface area contributed by atoms with Crippen molar-refractivity contribution in [1.82, 2.24) is 4.98 Å². The Bertz CT molecular complexity index is 989. The van der Waals surface area contributed by atoms with E-state index < -0.39 is 10.0 Å². The fourth-order valence-corrected chi connectivity index (χ4v) is 4.19. The van der Waals surface area contributed by atoms with Crippen molar-refractivity contribution in [3.63, 3.8) is 0 Å². The molecule has 0 aliphatic carbocycles. The molecular weight excluding hydrogens is 348 g/mol. The van der Waals surface area contributed by atoms with Crippen LogP contribution in [0.1, 0.15) is 11.1 Å². The van der Waals surface area contributed by atoms with Gasteiger partial charge in [0.1, 0.15) is 5.75 Å². The van der Waals surface area contributed by atoms with E-state index in [1.54, 1.807) is 68.0 Å². The van der Waals surface area contributed by atoms with Crippen molar-refractivity contribution < 1.29 is 13.2 Å². The van der Waals surface area contributed by atoms with Crippen LogP contribution in [0.4, 0.5) is 5.69 Å². The smallest absolute Gasteiger partial charge is 0.264 e. The first-order valence-electron chi connectivity index (χ1n) is 8.13. The summed E-state index contributed by atoms with van der Waals surface area (Å²) in [5.41, 5.74) is 2.22. The molecule has 0 radical (unpaired) electrons. The van der Waals surface area contributed by atoms with Crippen LogP contribution in [0.2, 0.25) is 0 Å². The average molecular weight is 368 g/mol. The number of hydrogen-bond acceptors (Lipinski definition) is 4. The molecule has 0 spiro atoms. The lowest BCUT2D eigenvalue weighted by Crippen LogP contribution is -2.30. The summed E-state index contributed by atoms with van der Waals surface area (Å²) < 4.78 is 33.3. The lowest BCUT2D eigenvalue weighted by Gasteiger charge is -2.25. The van der Waals surface area contributed by atoms with E-state index in [2.05, 4.69) is 4.98 Å². The molecule has 3 aromatic rings. The Kier molecular flexibility index (Phi) is 5.23. The number of ether oxygens (including phenoxy) is 1. The number of aromatic nitrogens is 1. The Morgan fingerprint density at radius 3 is 2.54 bits per heavy atom. The maximum atomic E-state index is 13.4. The lowest BCUT2D eigenvalue weighted by molar-refractivity contribution is 0.415. The topological polar surface area (TPSA) is 59.5 Å². The van der Waals surface area contributed by atoms with E-state index in [-0.39, 0.29) is 11.4 Å². The fraction of sp³-hybridized carbons (Fsp3) is 0.150. The van der Waals surface area contributed by atoms with Gasteiger partial charge in [-0.2, -0.15) is 0 Å². The summed E-state index contributed by atoms with van der Waals surface area (Å²) in [6, 6.07) is 17.6. The molecule has 6 heteroatoms. The van der Waals surface area contributed by atoms with Gasteiger partial charge in [-0.1, -0.05) is 24.3 Å². The Hall–Kier alpha value is -2.86. The van der Waals surface area contributed by atoms with Crippen molar-refractivity contribution >= 4 is 15.7 Å². The van der Waals surface area contributed by atoms with E-state index in [1.807, 2.05) is 19.1 Å². The van der Waals surface area contributed by atoms with Crippen LogP contribution in [0, 0.1) is 6.92 Å². The van der Waals surface area contributed by atoms with Gasteiger partial charge in [-0.25, -0.2) is 8.42 Å². The van der Waals surface area contributed by atoms with Crippen LogP contribution in [0.3, 0.4) is 0 Å². The average Bonchev–Trinajstić information content (AvgIpc) is 2.67. The normalized spacial score (nSPS) is 11.2. The first-order valence-corrected chi connectivity index (χ1v) is 9.57. The van der Waals surface area contributed by atoms with Gasteiger partial charge >= 0.3 is 0 Å². The first-order chi connectivity index (χ1) is 12.5. The van der Waals surface area contributed by atoms with Crippen molar-refractivity contribution in [2.24, 2.45) is 0 Å². The van der Waals surface area contributed by atoms with Gasteiger partial charge in [-0.3, -0.25) is 9.29 Å². The van der Waals surface area contributed by atoms with E-state index >= 15 is 0 Å². The molecule has 0 amide bonds. The van der Waals surface area contributed by atoms with Crippen molar-refractivity contribution in [3.8, 4) is 5.75 Å². The predicted molar refractivity (Wildman–Crippen MR) is 102 cm³/mol. The maximum absolute atomic E-state index is 13.4. The van der Waals surface area contributed by atoms with Crippen molar-refractivity contribution in [2.75, 3.05) is 11.4 Å². The molecule has 3 rings (SSSR count). The molecule has 0 aliphatic rings. The minimum Gasteiger partial charge on any atom is -0.497 e. The number of anilines is 1. The molecule has 0 unspecified atom stereocenters. The van der Waals surface area contributed by atoms with Gasteiger partial charge in [-0.15, -0.1) is 0 Å². The van der Waals surface area contributed by atoms with E-state index in [0.29, 0.717) is 11.4 Å². The zero-order valence-electron chi connectivity index (χ0n) is 14.7. The minimum absolute atomic E-state index is 0.178. The molecule has 1 aromatic heterocycles. The molecular formula is C20H20N2O3S. The molecule has 1 heterocycles. The molecule has 0 saturated heterocycles. The molecule has 0 atom stereocenters. The number of nitrogens with zero attached hydrogens (tertiary/aromatic N) is 2. The number of aryl methyl sites for hydroxylation is 1. The van der Waals surface area contributed by atoms with Crippen LogP contribution in [-0.4, -0.2) is 20.5 Å². The monoisotopic (exact) mass is 368 g/mol. The highest BCUT2D eigenvalue weighted by atomic mass is 32.2. The molecule has 0 bridgehead atoms. The van der Waals surface area contributed by atoms with Crippen molar-refractivity contribution in [2.45, 2.75) is 18.4 Å². The molecule has 5 nitrogen and oxygen atoms in total. The standard InChI is InChI=1S/C20H20N2O3S/c1-16-6-3-10-20(12-16)26(23,24)22(15-17-7-5-11-21-14-17)18-8-4-9-19(13-18)25-2/h3-14H,15H2,1-2H3. The molecule has 2 aromatic carbocycles.